The molecule has 0 heterocycles. The molecule has 0 saturated heterocycles. The number of carbonyl (C=O) groups excluding carboxylic acids is 4. The van der Waals surface area contributed by atoms with Gasteiger partial charge in [0, 0.05) is 46.0 Å². The number of nitrogens with two attached hydrogens (primary N) is 4. The van der Waals surface area contributed by atoms with E-state index in [1.807, 2.05) is 0 Å². The van der Waals surface area contributed by atoms with E-state index < -0.39 is 11.9 Å². The zero-order valence-corrected chi connectivity index (χ0v) is 42.1. The quantitative estimate of drug-likeness (QED) is 0.0180. The van der Waals surface area contributed by atoms with Gasteiger partial charge in [0.25, 0.3) is 0 Å². The van der Waals surface area contributed by atoms with Crippen molar-refractivity contribution >= 4 is 58.8 Å². The standard InChI is InChI=1S/C30H40N2O4.C29H38N2O4/c1-2-3-4-5-6-7-22-8-13-24(14-9-22)30(34)36-27-17-10-23(11-18-27)12-19-29(33)35-21-25-15-16-26(31)20-28(25)32;1-2-3-4-5-6-21-7-12-23(13-8-21)29(33)35-26-16-9-22(10-17-26)11-18-28(32)34-20-24-14-15-25(30)19-27(24)31/h10-12,15-20,22,24H,2-9,13-14,21,31-32H2,1H3;9-11,14-19,21,23H,2-8,12-13,20,30-31H2,1H3/b19-12+;18-11+. The molecular formula is C59H78N4O8. The minimum atomic E-state index is -0.474. The summed E-state index contributed by atoms with van der Waals surface area (Å²) in [7, 11) is 0. The van der Waals surface area contributed by atoms with Gasteiger partial charge in [0.2, 0.25) is 0 Å². The van der Waals surface area contributed by atoms with E-state index in [1.165, 1.54) is 82.8 Å². The van der Waals surface area contributed by atoms with Crippen LogP contribution in [-0.2, 0) is 41.9 Å². The fourth-order valence-corrected chi connectivity index (χ4v) is 9.18. The Morgan fingerprint density at radius 3 is 1.21 bits per heavy atom. The minimum absolute atomic E-state index is 0.00803. The Morgan fingerprint density at radius 1 is 0.479 bits per heavy atom. The Hall–Kier alpha value is -6.56. The average Bonchev–Trinajstić information content (AvgIpc) is 3.37. The molecule has 0 aliphatic heterocycles. The number of unbranched alkanes of at least 4 members (excludes halogenated alkanes) is 7. The van der Waals surface area contributed by atoms with E-state index in [4.69, 9.17) is 41.9 Å². The number of nitrogen functional groups attached to an aromatic ring is 4. The summed E-state index contributed by atoms with van der Waals surface area (Å²) in [5.74, 6) is 1.34. The molecule has 6 rings (SSSR count). The molecule has 12 heteroatoms. The van der Waals surface area contributed by atoms with E-state index in [-0.39, 0.29) is 37.0 Å². The smallest absolute Gasteiger partial charge is 0.331 e. The molecule has 0 bridgehead atoms. The van der Waals surface area contributed by atoms with Crippen LogP contribution in [0.5, 0.6) is 11.5 Å². The molecule has 2 aliphatic carbocycles. The highest BCUT2D eigenvalue weighted by Gasteiger charge is 2.29. The molecule has 71 heavy (non-hydrogen) atoms. The summed E-state index contributed by atoms with van der Waals surface area (Å²) in [6.45, 7) is 4.63. The molecule has 0 atom stereocenters. The van der Waals surface area contributed by atoms with Crippen LogP contribution in [0.2, 0.25) is 0 Å². The van der Waals surface area contributed by atoms with E-state index in [9.17, 15) is 19.2 Å². The van der Waals surface area contributed by atoms with Gasteiger partial charge < -0.3 is 41.9 Å². The molecule has 2 aliphatic rings. The molecule has 2 saturated carbocycles. The topological polar surface area (TPSA) is 209 Å². The molecule has 382 valence electrons. The van der Waals surface area contributed by atoms with Gasteiger partial charge in [-0.05, 0) is 135 Å². The Labute approximate surface area is 421 Å². The number of hydrogen-bond donors (Lipinski definition) is 4. The third kappa shape index (κ3) is 20.4. The lowest BCUT2D eigenvalue weighted by molar-refractivity contribution is -0.141. The minimum Gasteiger partial charge on any atom is -0.458 e. The SMILES string of the molecule is CCCCCCC1CCC(C(=O)Oc2ccc(/C=C/C(=O)OCc3ccc(N)cc3N)cc2)CC1.CCCCCCCC1CCC(C(=O)Oc2ccc(/C=C/C(=O)OCc3ccc(N)cc3N)cc2)CC1. The predicted octanol–water partition coefficient (Wildman–Crippen LogP) is 13.0. The molecule has 0 unspecified atom stereocenters. The van der Waals surface area contributed by atoms with E-state index in [2.05, 4.69) is 13.8 Å². The fraction of sp³-hybridized carbons (Fsp3) is 0.458. The molecule has 0 radical (unpaired) electrons. The van der Waals surface area contributed by atoms with Crippen molar-refractivity contribution < 1.29 is 38.1 Å². The Balaban J connectivity index is 0.000000264. The van der Waals surface area contributed by atoms with Crippen molar-refractivity contribution in [2.24, 2.45) is 23.7 Å². The number of benzene rings is 4. The Morgan fingerprint density at radius 2 is 0.845 bits per heavy atom. The molecule has 4 aromatic rings. The van der Waals surface area contributed by atoms with Gasteiger partial charge in [-0.15, -0.1) is 0 Å². The highest BCUT2D eigenvalue weighted by molar-refractivity contribution is 5.88. The molecule has 12 nitrogen and oxygen atoms in total. The van der Waals surface area contributed by atoms with Crippen LogP contribution in [0.25, 0.3) is 12.2 Å². The van der Waals surface area contributed by atoms with E-state index in [0.29, 0.717) is 45.4 Å². The lowest BCUT2D eigenvalue weighted by atomic mass is 9.80. The van der Waals surface area contributed by atoms with Crippen molar-refractivity contribution in [3.8, 4) is 11.5 Å². The molecule has 0 amide bonds. The van der Waals surface area contributed by atoms with Gasteiger partial charge in [-0.2, -0.15) is 0 Å². The maximum atomic E-state index is 12.6. The summed E-state index contributed by atoms with van der Waals surface area (Å²) < 4.78 is 21.7. The first-order valence-electron chi connectivity index (χ1n) is 26.0. The summed E-state index contributed by atoms with van der Waals surface area (Å²) in [6.07, 6.45) is 28.6. The van der Waals surface area contributed by atoms with Crippen LogP contribution in [0.1, 0.15) is 158 Å². The molecular weight excluding hydrogens is 893 g/mol. The molecule has 0 aromatic heterocycles. The first-order valence-corrected chi connectivity index (χ1v) is 26.0. The van der Waals surface area contributed by atoms with Gasteiger partial charge in [-0.3, -0.25) is 9.59 Å². The predicted molar refractivity (Wildman–Crippen MR) is 285 cm³/mol. The number of carbonyl (C=O) groups is 4. The first-order chi connectivity index (χ1) is 34.4. The van der Waals surface area contributed by atoms with Gasteiger partial charge in [-0.1, -0.05) is 121 Å². The molecule has 8 N–H and O–H groups in total. The number of rotatable bonds is 23. The zero-order valence-electron chi connectivity index (χ0n) is 42.1. The van der Waals surface area contributed by atoms with Crippen LogP contribution in [0, 0.1) is 23.7 Å². The van der Waals surface area contributed by atoms with Gasteiger partial charge in [0.1, 0.15) is 24.7 Å². The largest absolute Gasteiger partial charge is 0.458 e. The van der Waals surface area contributed by atoms with E-state index in [1.54, 1.807) is 97.1 Å². The van der Waals surface area contributed by atoms with Crippen molar-refractivity contribution in [2.75, 3.05) is 22.9 Å². The van der Waals surface area contributed by atoms with Crippen molar-refractivity contribution in [1.29, 1.82) is 0 Å². The molecule has 0 spiro atoms. The number of esters is 4. The van der Waals surface area contributed by atoms with Crippen LogP contribution >= 0.6 is 0 Å². The number of ether oxygens (including phenoxy) is 4. The summed E-state index contributed by atoms with van der Waals surface area (Å²) in [5, 5.41) is 0. The Kier molecular flexibility index (Phi) is 23.6. The second-order valence-electron chi connectivity index (χ2n) is 19.3. The van der Waals surface area contributed by atoms with Gasteiger partial charge in [0.05, 0.1) is 11.8 Å². The van der Waals surface area contributed by atoms with Crippen LogP contribution in [-0.4, -0.2) is 23.9 Å². The average molecular weight is 971 g/mol. The summed E-state index contributed by atoms with van der Waals surface area (Å²) in [5.41, 5.74) is 28.2. The fourth-order valence-electron chi connectivity index (χ4n) is 9.18. The third-order valence-electron chi connectivity index (χ3n) is 13.6. The summed E-state index contributed by atoms with van der Waals surface area (Å²) >= 11 is 0. The third-order valence-corrected chi connectivity index (χ3v) is 13.6. The van der Waals surface area contributed by atoms with Crippen molar-refractivity contribution in [3.05, 3.63) is 119 Å². The van der Waals surface area contributed by atoms with Gasteiger partial charge in [0.15, 0.2) is 0 Å². The van der Waals surface area contributed by atoms with Crippen molar-refractivity contribution in [3.63, 3.8) is 0 Å². The van der Waals surface area contributed by atoms with Crippen LogP contribution in [0.4, 0.5) is 22.7 Å². The van der Waals surface area contributed by atoms with E-state index >= 15 is 0 Å². The van der Waals surface area contributed by atoms with Crippen molar-refractivity contribution in [2.45, 2.75) is 149 Å². The van der Waals surface area contributed by atoms with Gasteiger partial charge in [-0.25, -0.2) is 9.59 Å². The Bertz CT molecular complexity index is 2330. The number of hydrogen-bond acceptors (Lipinski definition) is 12. The van der Waals surface area contributed by atoms with Crippen LogP contribution in [0.3, 0.4) is 0 Å². The second kappa shape index (κ2) is 30.2. The zero-order chi connectivity index (χ0) is 50.8. The molecule has 4 aromatic carbocycles. The first kappa shape index (κ1) is 55.4. The maximum Gasteiger partial charge on any atom is 0.331 e. The second-order valence-corrected chi connectivity index (χ2v) is 19.3. The van der Waals surface area contributed by atoms with Crippen LogP contribution in [0.15, 0.2) is 97.1 Å². The highest BCUT2D eigenvalue weighted by Crippen LogP contribution is 2.35. The monoisotopic (exact) mass is 971 g/mol. The highest BCUT2D eigenvalue weighted by atomic mass is 16.5. The van der Waals surface area contributed by atoms with E-state index in [0.717, 1.165) is 74.3 Å². The van der Waals surface area contributed by atoms with Gasteiger partial charge >= 0.3 is 23.9 Å². The van der Waals surface area contributed by atoms with Crippen molar-refractivity contribution in [1.82, 2.24) is 0 Å². The summed E-state index contributed by atoms with van der Waals surface area (Å²) in [6, 6.07) is 24.4. The maximum absolute atomic E-state index is 12.6. The summed E-state index contributed by atoms with van der Waals surface area (Å²) in [4.78, 5) is 49.3. The van der Waals surface area contributed by atoms with Crippen LogP contribution < -0.4 is 32.4 Å². The normalized spacial score (nSPS) is 17.8. The molecule has 2 fully saturated rings. The number of anilines is 4. The lowest BCUT2D eigenvalue weighted by Gasteiger charge is -2.27. The lowest BCUT2D eigenvalue weighted by Crippen LogP contribution is -2.25.